The van der Waals surface area contributed by atoms with Gasteiger partial charge in [0.05, 0.1) is 20.6 Å². The van der Waals surface area contributed by atoms with Crippen LogP contribution in [0.5, 0.6) is 11.5 Å². The van der Waals surface area contributed by atoms with Crippen LogP contribution in [0, 0.1) is 0 Å². The Balaban J connectivity index is 2.14. The molecule has 0 aliphatic heterocycles. The highest BCUT2D eigenvalue weighted by atomic mass is 16.5. The number of nitrogens with zero attached hydrogens (tertiary/aromatic N) is 1. The Hall–Kier alpha value is -3.02. The van der Waals surface area contributed by atoms with E-state index in [1.54, 1.807) is 18.2 Å². The molecule has 0 aliphatic carbocycles. The molecular weight excluding hydrogens is 322 g/mol. The number of methoxy groups -OCH3 is 2. The second-order valence-corrected chi connectivity index (χ2v) is 5.50. The normalized spacial score (nSPS) is 10.2. The second-order valence-electron chi connectivity index (χ2n) is 5.50. The minimum absolute atomic E-state index is 0.0838. The molecule has 0 fully saturated rings. The number of carboxylic acids is 1. The Morgan fingerprint density at radius 2 is 1.64 bits per heavy atom. The summed E-state index contributed by atoms with van der Waals surface area (Å²) >= 11 is 0. The summed E-state index contributed by atoms with van der Waals surface area (Å²) in [7, 11) is 3.06. The summed E-state index contributed by atoms with van der Waals surface area (Å²) in [6.45, 7) is -0.0969. The molecule has 0 saturated carbocycles. The number of aliphatic carboxylic acids is 1. The number of rotatable bonds is 8. The number of benzene rings is 2. The first-order valence-electron chi connectivity index (χ1n) is 7.78. The molecule has 2 aromatic rings. The van der Waals surface area contributed by atoms with Gasteiger partial charge in [0, 0.05) is 6.54 Å². The zero-order chi connectivity index (χ0) is 18.2. The third kappa shape index (κ3) is 5.24. The van der Waals surface area contributed by atoms with Crippen molar-refractivity contribution >= 4 is 11.9 Å². The largest absolute Gasteiger partial charge is 0.493 e. The van der Waals surface area contributed by atoms with Crippen LogP contribution in [0.3, 0.4) is 0 Å². The SMILES string of the molecule is COc1ccc(CC(=O)N(CC(=O)O)Cc2ccccc2)cc1OC. The van der Waals surface area contributed by atoms with Gasteiger partial charge in [0.15, 0.2) is 11.5 Å². The van der Waals surface area contributed by atoms with E-state index in [-0.39, 0.29) is 25.4 Å². The molecule has 6 heteroatoms. The summed E-state index contributed by atoms with van der Waals surface area (Å²) in [6, 6.07) is 14.5. The van der Waals surface area contributed by atoms with Crippen LogP contribution in [0.4, 0.5) is 0 Å². The molecule has 2 rings (SSSR count). The molecule has 0 radical (unpaired) electrons. The van der Waals surface area contributed by atoms with E-state index in [2.05, 4.69) is 0 Å². The lowest BCUT2D eigenvalue weighted by atomic mass is 10.1. The Morgan fingerprint density at radius 3 is 2.24 bits per heavy atom. The van der Waals surface area contributed by atoms with Crippen LogP contribution in [0.2, 0.25) is 0 Å². The number of ether oxygens (including phenoxy) is 2. The van der Waals surface area contributed by atoms with Crippen molar-refractivity contribution in [2.24, 2.45) is 0 Å². The molecule has 2 aromatic carbocycles. The molecule has 1 N–H and O–H groups in total. The summed E-state index contributed by atoms with van der Waals surface area (Å²) in [5, 5.41) is 9.10. The molecule has 0 atom stereocenters. The van der Waals surface area contributed by atoms with E-state index in [4.69, 9.17) is 14.6 Å². The summed E-state index contributed by atoms with van der Waals surface area (Å²) in [5.74, 6) is -0.207. The summed E-state index contributed by atoms with van der Waals surface area (Å²) in [6.07, 6.45) is 0.0838. The minimum atomic E-state index is -1.04. The summed E-state index contributed by atoms with van der Waals surface area (Å²) in [5.41, 5.74) is 1.61. The fourth-order valence-electron chi connectivity index (χ4n) is 2.48. The number of hydrogen-bond donors (Lipinski definition) is 1. The van der Waals surface area contributed by atoms with Gasteiger partial charge in [0.2, 0.25) is 5.91 Å². The summed E-state index contributed by atoms with van der Waals surface area (Å²) < 4.78 is 10.4. The smallest absolute Gasteiger partial charge is 0.323 e. The van der Waals surface area contributed by atoms with Gasteiger partial charge in [0.1, 0.15) is 6.54 Å². The van der Waals surface area contributed by atoms with E-state index in [0.717, 1.165) is 11.1 Å². The van der Waals surface area contributed by atoms with Crippen molar-refractivity contribution < 1.29 is 24.2 Å². The Morgan fingerprint density at radius 1 is 0.960 bits per heavy atom. The standard InChI is InChI=1S/C19H21NO5/c1-24-16-9-8-15(10-17(16)25-2)11-18(21)20(13-19(22)23)12-14-6-4-3-5-7-14/h3-10H,11-13H2,1-2H3,(H,22,23). The van der Waals surface area contributed by atoms with Crippen molar-refractivity contribution in [2.45, 2.75) is 13.0 Å². The van der Waals surface area contributed by atoms with Gasteiger partial charge >= 0.3 is 5.97 Å². The lowest BCUT2D eigenvalue weighted by Crippen LogP contribution is -2.36. The predicted molar refractivity (Wildman–Crippen MR) is 92.7 cm³/mol. The van der Waals surface area contributed by atoms with E-state index < -0.39 is 5.97 Å². The maximum absolute atomic E-state index is 12.6. The number of hydrogen-bond acceptors (Lipinski definition) is 4. The van der Waals surface area contributed by atoms with E-state index >= 15 is 0 Å². The maximum Gasteiger partial charge on any atom is 0.323 e. The third-order valence-corrected chi connectivity index (χ3v) is 3.70. The molecule has 0 unspecified atom stereocenters. The van der Waals surface area contributed by atoms with Crippen LogP contribution >= 0.6 is 0 Å². The second kappa shape index (κ2) is 8.73. The Kier molecular flexibility index (Phi) is 6.39. The Bertz CT molecular complexity index is 730. The van der Waals surface area contributed by atoms with Gasteiger partial charge < -0.3 is 19.5 Å². The van der Waals surface area contributed by atoms with Crippen molar-refractivity contribution in [1.29, 1.82) is 0 Å². The highest BCUT2D eigenvalue weighted by Gasteiger charge is 2.18. The first kappa shape index (κ1) is 18.3. The molecule has 132 valence electrons. The molecule has 0 heterocycles. The van der Waals surface area contributed by atoms with Gasteiger partial charge in [-0.05, 0) is 23.3 Å². The predicted octanol–water partition coefficient (Wildman–Crippen LogP) is 2.36. The van der Waals surface area contributed by atoms with E-state index in [9.17, 15) is 9.59 Å². The van der Waals surface area contributed by atoms with Crippen molar-refractivity contribution in [3.63, 3.8) is 0 Å². The number of carbonyl (C=O) groups is 2. The molecular formula is C19H21NO5. The van der Waals surface area contributed by atoms with Crippen LogP contribution in [0.15, 0.2) is 48.5 Å². The van der Waals surface area contributed by atoms with E-state index in [1.165, 1.54) is 19.1 Å². The van der Waals surface area contributed by atoms with Crippen LogP contribution in [0.25, 0.3) is 0 Å². The van der Waals surface area contributed by atoms with Crippen molar-refractivity contribution in [1.82, 2.24) is 4.90 Å². The first-order chi connectivity index (χ1) is 12.0. The van der Waals surface area contributed by atoms with Gasteiger partial charge in [-0.1, -0.05) is 36.4 Å². The molecule has 0 aromatic heterocycles. The molecule has 0 saturated heterocycles. The highest BCUT2D eigenvalue weighted by molar-refractivity contribution is 5.83. The summed E-state index contributed by atoms with van der Waals surface area (Å²) in [4.78, 5) is 25.0. The van der Waals surface area contributed by atoms with Crippen LogP contribution in [-0.2, 0) is 22.6 Å². The van der Waals surface area contributed by atoms with Gasteiger partial charge in [0.25, 0.3) is 0 Å². The van der Waals surface area contributed by atoms with Gasteiger partial charge in [-0.15, -0.1) is 0 Å². The topological polar surface area (TPSA) is 76.1 Å². The fraction of sp³-hybridized carbons (Fsp3) is 0.263. The number of amides is 1. The number of carboxylic acid groups (broad SMARTS) is 1. The lowest BCUT2D eigenvalue weighted by Gasteiger charge is -2.21. The zero-order valence-corrected chi connectivity index (χ0v) is 14.3. The molecule has 0 bridgehead atoms. The lowest BCUT2D eigenvalue weighted by molar-refractivity contribution is -0.144. The average molecular weight is 343 g/mol. The highest BCUT2D eigenvalue weighted by Crippen LogP contribution is 2.27. The average Bonchev–Trinajstić information content (AvgIpc) is 2.61. The van der Waals surface area contributed by atoms with Crippen molar-refractivity contribution in [3.05, 3.63) is 59.7 Å². The van der Waals surface area contributed by atoms with E-state index in [1.807, 2.05) is 30.3 Å². The Labute approximate surface area is 146 Å². The minimum Gasteiger partial charge on any atom is -0.493 e. The van der Waals surface area contributed by atoms with Crippen LogP contribution in [-0.4, -0.2) is 42.6 Å². The van der Waals surface area contributed by atoms with Crippen molar-refractivity contribution in [2.75, 3.05) is 20.8 Å². The maximum atomic E-state index is 12.6. The molecule has 0 spiro atoms. The fourth-order valence-corrected chi connectivity index (χ4v) is 2.48. The monoisotopic (exact) mass is 343 g/mol. The van der Waals surface area contributed by atoms with Crippen LogP contribution < -0.4 is 9.47 Å². The molecule has 6 nitrogen and oxygen atoms in total. The van der Waals surface area contributed by atoms with Gasteiger partial charge in [-0.3, -0.25) is 9.59 Å². The number of carbonyl (C=O) groups excluding carboxylic acids is 1. The molecule has 0 aliphatic rings. The zero-order valence-electron chi connectivity index (χ0n) is 14.3. The first-order valence-corrected chi connectivity index (χ1v) is 7.78. The van der Waals surface area contributed by atoms with E-state index in [0.29, 0.717) is 11.5 Å². The quantitative estimate of drug-likeness (QED) is 0.796. The van der Waals surface area contributed by atoms with Crippen molar-refractivity contribution in [3.8, 4) is 11.5 Å². The van der Waals surface area contributed by atoms with Gasteiger partial charge in [-0.25, -0.2) is 0 Å². The van der Waals surface area contributed by atoms with Gasteiger partial charge in [-0.2, -0.15) is 0 Å². The molecule has 25 heavy (non-hydrogen) atoms. The van der Waals surface area contributed by atoms with Crippen LogP contribution in [0.1, 0.15) is 11.1 Å². The molecule has 1 amide bonds. The third-order valence-electron chi connectivity index (χ3n) is 3.70.